The van der Waals surface area contributed by atoms with Crippen LogP contribution in [0.1, 0.15) is 90.7 Å². The maximum absolute atomic E-state index is 15.9. The van der Waals surface area contributed by atoms with Gasteiger partial charge in [0.1, 0.15) is 4.88 Å². The second kappa shape index (κ2) is 11.1. The second-order valence-corrected chi connectivity index (χ2v) is 17.8. The molecule has 3 unspecified atom stereocenters. The predicted octanol–water partition coefficient (Wildman–Crippen LogP) is 9.55. The fourth-order valence-electron chi connectivity index (χ4n) is 7.50. The smallest absolute Gasteiger partial charge is 0.231 e. The van der Waals surface area contributed by atoms with E-state index in [0.29, 0.717) is 0 Å². The molecule has 228 valence electrons. The van der Waals surface area contributed by atoms with Crippen molar-refractivity contribution in [2.24, 2.45) is 0 Å². The third-order valence-electron chi connectivity index (χ3n) is 10.6. The SMILES string of the molecule is CCCc1cccc(P(=O)(c2ccccc2)c2cccc3c4[n+](ccc23)C(C)(CC)C(C)(CC)c2cc(C(C)(C)C)sc2-4)c1. The Bertz CT molecular complexity index is 1900. The Morgan fingerprint density at radius 2 is 1.50 bits per heavy atom. The molecule has 0 radical (unpaired) electrons. The third-order valence-corrected chi connectivity index (χ3v) is 15.3. The van der Waals surface area contributed by atoms with Crippen molar-refractivity contribution in [3.63, 3.8) is 0 Å². The van der Waals surface area contributed by atoms with Gasteiger partial charge in [-0.05, 0) is 54.5 Å². The maximum atomic E-state index is 15.9. The number of nitrogens with zero attached hydrogens (tertiary/aromatic N) is 1. The Morgan fingerprint density at radius 1 is 0.795 bits per heavy atom. The zero-order valence-corrected chi connectivity index (χ0v) is 29.4. The minimum Gasteiger partial charge on any atom is -0.309 e. The van der Waals surface area contributed by atoms with Gasteiger partial charge in [-0.2, -0.15) is 4.57 Å². The van der Waals surface area contributed by atoms with Crippen molar-refractivity contribution in [1.82, 2.24) is 0 Å². The van der Waals surface area contributed by atoms with Crippen LogP contribution in [0.4, 0.5) is 0 Å². The van der Waals surface area contributed by atoms with Gasteiger partial charge in [-0.1, -0.05) is 109 Å². The molecule has 4 heteroatoms. The maximum Gasteiger partial charge on any atom is 0.231 e. The molecule has 5 aromatic rings. The average Bonchev–Trinajstić information content (AvgIpc) is 3.50. The van der Waals surface area contributed by atoms with Gasteiger partial charge in [-0.3, -0.25) is 0 Å². The first-order valence-corrected chi connectivity index (χ1v) is 18.8. The van der Waals surface area contributed by atoms with Gasteiger partial charge >= 0.3 is 0 Å². The molecule has 1 aliphatic heterocycles. The third kappa shape index (κ3) is 4.49. The number of pyridine rings is 1. The molecule has 1 aliphatic rings. The van der Waals surface area contributed by atoms with Crippen molar-refractivity contribution in [2.45, 2.75) is 97.4 Å². The Kier molecular flexibility index (Phi) is 7.83. The first-order valence-electron chi connectivity index (χ1n) is 16.3. The molecule has 0 bridgehead atoms. The van der Waals surface area contributed by atoms with Crippen molar-refractivity contribution in [3.05, 3.63) is 107 Å². The largest absolute Gasteiger partial charge is 0.309 e. The first kappa shape index (κ1) is 31.0. The number of aromatic nitrogens is 1. The monoisotopic (exact) mass is 620 g/mol. The molecule has 0 spiro atoms. The number of thiophene rings is 1. The molecule has 44 heavy (non-hydrogen) atoms. The van der Waals surface area contributed by atoms with Crippen molar-refractivity contribution in [2.75, 3.05) is 0 Å². The molecular weight excluding hydrogens is 573 g/mol. The summed E-state index contributed by atoms with van der Waals surface area (Å²) in [6.45, 7) is 18.8. The Hall–Kier alpha value is -3.00. The zero-order chi connectivity index (χ0) is 31.5. The van der Waals surface area contributed by atoms with E-state index in [1.165, 1.54) is 32.0 Å². The molecule has 0 amide bonds. The summed E-state index contributed by atoms with van der Waals surface area (Å²) in [5.74, 6) is 0. The van der Waals surface area contributed by atoms with Crippen LogP contribution < -0.4 is 20.5 Å². The van der Waals surface area contributed by atoms with E-state index in [9.17, 15) is 0 Å². The molecule has 0 N–H and O–H groups in total. The van der Waals surface area contributed by atoms with Crippen LogP contribution in [0.15, 0.2) is 91.1 Å². The van der Waals surface area contributed by atoms with E-state index in [1.54, 1.807) is 0 Å². The number of rotatable bonds is 7. The van der Waals surface area contributed by atoms with Crippen molar-refractivity contribution in [3.8, 4) is 10.6 Å². The van der Waals surface area contributed by atoms with Crippen molar-refractivity contribution >= 4 is 45.2 Å². The van der Waals surface area contributed by atoms with E-state index in [1.807, 2.05) is 41.7 Å². The van der Waals surface area contributed by atoms with Gasteiger partial charge < -0.3 is 4.57 Å². The summed E-state index contributed by atoms with van der Waals surface area (Å²) >= 11 is 1.95. The highest BCUT2D eigenvalue weighted by Gasteiger charge is 2.57. The standard InChI is InChI=1S/C40H47NOPS/c1-9-17-28-18-15-21-30(26-28)43(42,29-19-13-12-14-20-29)34-23-16-22-32-31(34)24-25-41-36(32)37-33(27-35(44-37)38(4,5)6)39(7,10-2)40(41,8)11-3/h12-16,18-27H,9-11,17H2,1-8H3/q+1. The van der Waals surface area contributed by atoms with Crippen LogP contribution in [0.5, 0.6) is 0 Å². The molecule has 2 aromatic heterocycles. The first-order chi connectivity index (χ1) is 20.9. The predicted molar refractivity (Wildman–Crippen MR) is 191 cm³/mol. The molecular formula is C40H47NOPS+. The summed E-state index contributed by atoms with van der Waals surface area (Å²) in [6, 6.07) is 30.0. The van der Waals surface area contributed by atoms with Crippen molar-refractivity contribution in [1.29, 1.82) is 0 Å². The molecule has 3 aromatic carbocycles. The van der Waals surface area contributed by atoms with Gasteiger partial charge in [-0.25, -0.2) is 0 Å². The summed E-state index contributed by atoms with van der Waals surface area (Å²) in [7, 11) is -3.19. The number of fused-ring (bicyclic) bond motifs is 5. The van der Waals surface area contributed by atoms with Crippen LogP contribution >= 0.6 is 18.5 Å². The van der Waals surface area contributed by atoms with Gasteiger partial charge in [0.15, 0.2) is 18.9 Å². The lowest BCUT2D eigenvalue weighted by molar-refractivity contribution is -0.764. The molecule has 6 rings (SSSR count). The quantitative estimate of drug-likeness (QED) is 0.131. The van der Waals surface area contributed by atoms with Gasteiger partial charge in [-0.15, -0.1) is 11.3 Å². The van der Waals surface area contributed by atoms with Gasteiger partial charge in [0.05, 0.1) is 10.8 Å². The number of hydrogen-bond donors (Lipinski definition) is 0. The fraction of sp³-hybridized carbons (Fsp3) is 0.375. The Morgan fingerprint density at radius 3 is 2.16 bits per heavy atom. The lowest BCUT2D eigenvalue weighted by Gasteiger charge is -2.45. The molecule has 0 saturated heterocycles. The van der Waals surface area contributed by atoms with E-state index in [2.05, 4.69) is 121 Å². The van der Waals surface area contributed by atoms with Crippen molar-refractivity contribution < 1.29 is 9.13 Å². The number of benzene rings is 3. The van der Waals surface area contributed by atoms with Crippen LogP contribution in [-0.4, -0.2) is 0 Å². The van der Waals surface area contributed by atoms with Crippen LogP contribution in [0, 0.1) is 0 Å². The lowest BCUT2D eigenvalue weighted by Crippen LogP contribution is -2.67. The fourth-order valence-corrected chi connectivity index (χ4v) is 11.8. The van der Waals surface area contributed by atoms with Gasteiger partial charge in [0.2, 0.25) is 5.69 Å². The highest BCUT2D eigenvalue weighted by molar-refractivity contribution is 7.85. The summed E-state index contributed by atoms with van der Waals surface area (Å²) in [5, 5.41) is 5.00. The highest BCUT2D eigenvalue weighted by Crippen LogP contribution is 2.55. The average molecular weight is 621 g/mol. The summed E-state index contributed by atoms with van der Waals surface area (Å²) in [6.07, 6.45) is 6.43. The Balaban J connectivity index is 1.71. The number of hydrogen-bond acceptors (Lipinski definition) is 2. The summed E-state index contributed by atoms with van der Waals surface area (Å²) < 4.78 is 18.4. The van der Waals surface area contributed by atoms with Crippen LogP contribution in [-0.2, 0) is 27.4 Å². The van der Waals surface area contributed by atoms with Crippen LogP contribution in [0.2, 0.25) is 0 Å². The topological polar surface area (TPSA) is 20.9 Å². The minimum absolute atomic E-state index is 0.0148. The van der Waals surface area contributed by atoms with Crippen LogP contribution in [0.3, 0.4) is 0 Å². The molecule has 0 fully saturated rings. The summed E-state index contributed by atoms with van der Waals surface area (Å²) in [4.78, 5) is 2.79. The molecule has 0 saturated carbocycles. The highest BCUT2D eigenvalue weighted by atomic mass is 32.1. The van der Waals surface area contributed by atoms with E-state index >= 15 is 4.57 Å². The van der Waals surface area contributed by atoms with Gasteiger partial charge in [0.25, 0.3) is 0 Å². The van der Waals surface area contributed by atoms with E-state index < -0.39 is 7.14 Å². The zero-order valence-electron chi connectivity index (χ0n) is 27.7. The second-order valence-electron chi connectivity index (χ2n) is 14.1. The molecule has 3 atom stereocenters. The lowest BCUT2D eigenvalue weighted by atomic mass is 9.62. The van der Waals surface area contributed by atoms with E-state index in [4.69, 9.17) is 0 Å². The molecule has 0 aliphatic carbocycles. The number of aryl methyl sites for hydroxylation is 1. The van der Waals surface area contributed by atoms with E-state index in [0.717, 1.165) is 47.0 Å². The molecule has 2 nitrogen and oxygen atoms in total. The normalized spacial score (nSPS) is 21.1. The van der Waals surface area contributed by atoms with Crippen LogP contribution in [0.25, 0.3) is 21.3 Å². The van der Waals surface area contributed by atoms with E-state index in [-0.39, 0.29) is 16.4 Å². The Labute approximate surface area is 268 Å². The summed E-state index contributed by atoms with van der Waals surface area (Å²) in [5.41, 5.74) is 3.92. The molecule has 3 heterocycles. The minimum atomic E-state index is -3.19. The van der Waals surface area contributed by atoms with Gasteiger partial charge in [0, 0.05) is 45.6 Å².